The summed E-state index contributed by atoms with van der Waals surface area (Å²) >= 11 is 1.59. The van der Waals surface area contributed by atoms with Crippen molar-refractivity contribution in [1.29, 1.82) is 0 Å². The van der Waals surface area contributed by atoms with Crippen LogP contribution < -0.4 is 10.5 Å². The van der Waals surface area contributed by atoms with Gasteiger partial charge in [0.2, 0.25) is 0 Å². The molecule has 5 heteroatoms. The summed E-state index contributed by atoms with van der Waals surface area (Å²) in [6.45, 7) is 0. The molecule has 0 amide bonds. The summed E-state index contributed by atoms with van der Waals surface area (Å²) in [4.78, 5) is 11.6. The summed E-state index contributed by atoms with van der Waals surface area (Å²) in [5.41, 5.74) is 3.69. The first-order valence-electron chi connectivity index (χ1n) is 4.90. The fourth-order valence-electron chi connectivity index (χ4n) is 1.22. The van der Waals surface area contributed by atoms with E-state index in [1.165, 1.54) is 12.1 Å². The maximum atomic E-state index is 10.5. The zero-order valence-corrected chi connectivity index (χ0v) is 9.61. The van der Waals surface area contributed by atoms with E-state index >= 15 is 0 Å². The first-order valence-corrected chi connectivity index (χ1v) is 5.77. The highest BCUT2D eigenvalue weighted by Crippen LogP contribution is 2.09. The van der Waals surface area contributed by atoms with E-state index in [4.69, 9.17) is 0 Å². The van der Waals surface area contributed by atoms with Gasteiger partial charge in [-0.15, -0.1) is 11.3 Å². The second-order valence-electron chi connectivity index (χ2n) is 3.25. The monoisotopic (exact) mass is 245 g/mol. The molecule has 0 radical (unpaired) electrons. The van der Waals surface area contributed by atoms with Gasteiger partial charge >= 0.3 is 0 Å². The van der Waals surface area contributed by atoms with Crippen LogP contribution in [0.1, 0.15) is 15.2 Å². The van der Waals surface area contributed by atoms with Crippen LogP contribution >= 0.6 is 11.3 Å². The van der Waals surface area contributed by atoms with E-state index in [0.29, 0.717) is 0 Å². The van der Waals surface area contributed by atoms with E-state index in [9.17, 15) is 9.90 Å². The Morgan fingerprint density at radius 3 is 2.65 bits per heavy atom. The summed E-state index contributed by atoms with van der Waals surface area (Å²) in [6, 6.07) is 10.1. The zero-order valence-electron chi connectivity index (χ0n) is 8.79. The molecule has 0 atom stereocenters. The van der Waals surface area contributed by atoms with Gasteiger partial charge in [-0.05, 0) is 29.1 Å². The van der Waals surface area contributed by atoms with Crippen LogP contribution in [0, 0.1) is 0 Å². The third kappa shape index (κ3) is 3.15. The molecule has 2 aromatic rings. The summed E-state index contributed by atoms with van der Waals surface area (Å²) in [6.07, 6.45) is 1.71. The molecular formula is C12H9N2O2S-. The number of hydrazone groups is 1. The van der Waals surface area contributed by atoms with E-state index in [2.05, 4.69) is 10.5 Å². The molecule has 1 heterocycles. The summed E-state index contributed by atoms with van der Waals surface area (Å²) in [7, 11) is 0. The van der Waals surface area contributed by atoms with Crippen LogP contribution in [0.4, 0.5) is 5.69 Å². The number of carbonyl (C=O) groups is 1. The van der Waals surface area contributed by atoms with Crippen LogP contribution in [-0.4, -0.2) is 12.2 Å². The molecule has 17 heavy (non-hydrogen) atoms. The number of benzene rings is 1. The van der Waals surface area contributed by atoms with E-state index in [1.54, 1.807) is 29.7 Å². The number of thiophene rings is 1. The lowest BCUT2D eigenvalue weighted by Gasteiger charge is -2.03. The van der Waals surface area contributed by atoms with E-state index in [-0.39, 0.29) is 5.56 Å². The fraction of sp³-hybridized carbons (Fsp3) is 0. The van der Waals surface area contributed by atoms with Gasteiger partial charge in [-0.1, -0.05) is 18.2 Å². The van der Waals surface area contributed by atoms with Gasteiger partial charge in [-0.3, -0.25) is 5.43 Å². The summed E-state index contributed by atoms with van der Waals surface area (Å²) in [5.74, 6) is -1.18. The van der Waals surface area contributed by atoms with Crippen molar-refractivity contribution in [1.82, 2.24) is 0 Å². The lowest BCUT2D eigenvalue weighted by molar-refractivity contribution is -0.255. The van der Waals surface area contributed by atoms with Gasteiger partial charge in [0.25, 0.3) is 0 Å². The predicted molar refractivity (Wildman–Crippen MR) is 66.3 cm³/mol. The van der Waals surface area contributed by atoms with E-state index < -0.39 is 5.97 Å². The number of rotatable bonds is 4. The highest BCUT2D eigenvalue weighted by molar-refractivity contribution is 7.11. The minimum Gasteiger partial charge on any atom is -0.545 e. The molecule has 1 N–H and O–H groups in total. The van der Waals surface area contributed by atoms with Gasteiger partial charge in [0.15, 0.2) is 0 Å². The first kappa shape index (κ1) is 11.3. The van der Waals surface area contributed by atoms with Crippen LogP contribution in [-0.2, 0) is 0 Å². The Bertz CT molecular complexity index is 518. The number of aromatic carboxylic acids is 1. The van der Waals surface area contributed by atoms with Crippen molar-refractivity contribution >= 4 is 29.2 Å². The molecule has 0 spiro atoms. The second kappa shape index (κ2) is 5.27. The number of carbonyl (C=O) groups excluding carboxylic acids is 1. The Morgan fingerprint density at radius 1 is 1.29 bits per heavy atom. The predicted octanol–water partition coefficient (Wildman–Crippen LogP) is 1.56. The standard InChI is InChI=1S/C12H10N2O2S/c15-12(16)9-3-5-10(6-4-9)14-13-8-11-2-1-7-17-11/h1-8,14H,(H,15,16)/p-1/b13-8-. The second-order valence-corrected chi connectivity index (χ2v) is 4.23. The lowest BCUT2D eigenvalue weighted by atomic mass is 10.2. The molecule has 0 saturated carbocycles. The molecule has 1 aromatic carbocycles. The SMILES string of the molecule is O=C([O-])c1ccc(N/N=C\c2cccs2)cc1. The lowest BCUT2D eigenvalue weighted by Crippen LogP contribution is -2.21. The van der Waals surface area contributed by atoms with Crippen molar-refractivity contribution in [3.8, 4) is 0 Å². The average Bonchev–Trinajstić information content (AvgIpc) is 2.83. The van der Waals surface area contributed by atoms with Crippen LogP contribution in [0.25, 0.3) is 0 Å². The van der Waals surface area contributed by atoms with Crippen molar-refractivity contribution in [2.75, 3.05) is 5.43 Å². The van der Waals surface area contributed by atoms with Gasteiger partial charge in [0.1, 0.15) is 0 Å². The minimum absolute atomic E-state index is 0.151. The minimum atomic E-state index is -1.18. The molecule has 2 rings (SSSR count). The highest BCUT2D eigenvalue weighted by Gasteiger charge is 1.93. The van der Waals surface area contributed by atoms with Crippen molar-refractivity contribution in [2.24, 2.45) is 5.10 Å². The number of carboxylic acids is 1. The summed E-state index contributed by atoms with van der Waals surface area (Å²) < 4.78 is 0. The number of nitrogens with zero attached hydrogens (tertiary/aromatic N) is 1. The fourth-order valence-corrected chi connectivity index (χ4v) is 1.80. The van der Waals surface area contributed by atoms with Crippen molar-refractivity contribution in [3.63, 3.8) is 0 Å². The summed E-state index contributed by atoms with van der Waals surface area (Å²) in [5, 5.41) is 16.5. The quantitative estimate of drug-likeness (QED) is 0.656. The molecule has 1 aromatic heterocycles. The maximum Gasteiger partial charge on any atom is 0.0715 e. The normalized spacial score (nSPS) is 10.6. The number of nitrogens with one attached hydrogen (secondary N) is 1. The van der Waals surface area contributed by atoms with Gasteiger partial charge in [-0.2, -0.15) is 5.10 Å². The molecule has 0 aliphatic heterocycles. The molecule has 0 fully saturated rings. The number of hydrogen-bond acceptors (Lipinski definition) is 5. The van der Waals surface area contributed by atoms with Crippen LogP contribution in [0.15, 0.2) is 46.9 Å². The molecule has 4 nitrogen and oxygen atoms in total. The van der Waals surface area contributed by atoms with Gasteiger partial charge in [-0.25, -0.2) is 0 Å². The molecule has 0 saturated heterocycles. The highest BCUT2D eigenvalue weighted by atomic mass is 32.1. The zero-order chi connectivity index (χ0) is 12.1. The number of hydrogen-bond donors (Lipinski definition) is 1. The van der Waals surface area contributed by atoms with E-state index in [0.717, 1.165) is 10.6 Å². The smallest absolute Gasteiger partial charge is 0.0715 e. The average molecular weight is 245 g/mol. The number of carboxylic acid groups (broad SMARTS) is 1. The Balaban J connectivity index is 1.97. The van der Waals surface area contributed by atoms with Gasteiger partial charge in [0.05, 0.1) is 17.9 Å². The first-order chi connectivity index (χ1) is 8.25. The maximum absolute atomic E-state index is 10.5. The molecule has 0 aliphatic carbocycles. The van der Waals surface area contributed by atoms with Gasteiger partial charge < -0.3 is 9.90 Å². The molecule has 86 valence electrons. The van der Waals surface area contributed by atoms with Crippen molar-refractivity contribution < 1.29 is 9.90 Å². The van der Waals surface area contributed by atoms with Crippen molar-refractivity contribution in [2.45, 2.75) is 0 Å². The molecule has 0 bridgehead atoms. The molecular weight excluding hydrogens is 236 g/mol. The Kier molecular flexibility index (Phi) is 3.52. The largest absolute Gasteiger partial charge is 0.545 e. The Morgan fingerprint density at radius 2 is 2.06 bits per heavy atom. The molecule has 0 aliphatic rings. The van der Waals surface area contributed by atoms with Crippen LogP contribution in [0.5, 0.6) is 0 Å². The topological polar surface area (TPSA) is 64.5 Å². The van der Waals surface area contributed by atoms with Crippen LogP contribution in [0.2, 0.25) is 0 Å². The Hall–Kier alpha value is -2.14. The Labute approximate surface area is 102 Å². The van der Waals surface area contributed by atoms with Gasteiger partial charge in [0, 0.05) is 4.88 Å². The molecule has 0 unspecified atom stereocenters. The number of anilines is 1. The third-order valence-electron chi connectivity index (χ3n) is 2.05. The third-order valence-corrected chi connectivity index (χ3v) is 2.86. The van der Waals surface area contributed by atoms with Crippen LogP contribution in [0.3, 0.4) is 0 Å². The van der Waals surface area contributed by atoms with Crippen molar-refractivity contribution in [3.05, 3.63) is 52.2 Å². The van der Waals surface area contributed by atoms with E-state index in [1.807, 2.05) is 17.5 Å².